The number of hydrogen-bond donors (Lipinski definition) is 1. The summed E-state index contributed by atoms with van der Waals surface area (Å²) in [5.74, 6) is 1.70. The molecule has 0 saturated carbocycles. The molecular formula is C28H30ClN3O2. The number of nitrogens with one attached hydrogen (secondary N) is 1. The quantitative estimate of drug-likeness (QED) is 0.275. The monoisotopic (exact) mass is 475 g/mol. The first kappa shape index (κ1) is 23.8. The SMILES string of the molecule is Cc1cc(OCCCCn2c(C(C)NC(=O)Cc3ccccc3)nc3ccccc32)ccc1Cl. The third-order valence-corrected chi connectivity index (χ3v) is 6.25. The maximum atomic E-state index is 12.6. The standard InChI is InChI=1S/C28H30ClN3O2/c1-20-18-23(14-15-24(20)29)34-17-9-8-16-32-26-13-7-6-12-25(26)31-28(32)21(2)30-27(33)19-22-10-4-3-5-11-22/h3-7,10-15,18,21H,8-9,16-17,19H2,1-2H3,(H,30,33). The molecular weight excluding hydrogens is 446 g/mol. The van der Waals surface area contributed by atoms with Gasteiger partial charge in [0.15, 0.2) is 0 Å². The zero-order valence-electron chi connectivity index (χ0n) is 19.6. The van der Waals surface area contributed by atoms with Crippen LogP contribution in [0.2, 0.25) is 5.02 Å². The summed E-state index contributed by atoms with van der Waals surface area (Å²) < 4.78 is 8.11. The van der Waals surface area contributed by atoms with Gasteiger partial charge in [-0.15, -0.1) is 0 Å². The van der Waals surface area contributed by atoms with E-state index < -0.39 is 0 Å². The van der Waals surface area contributed by atoms with Crippen LogP contribution in [0.15, 0.2) is 72.8 Å². The average molecular weight is 476 g/mol. The number of ether oxygens (including phenoxy) is 1. The van der Waals surface area contributed by atoms with Gasteiger partial charge in [-0.05, 0) is 68.1 Å². The van der Waals surface area contributed by atoms with Crippen LogP contribution in [0.5, 0.6) is 5.75 Å². The van der Waals surface area contributed by atoms with E-state index in [4.69, 9.17) is 21.3 Å². The van der Waals surface area contributed by atoms with Gasteiger partial charge in [-0.25, -0.2) is 4.98 Å². The van der Waals surface area contributed by atoms with Gasteiger partial charge in [0.1, 0.15) is 11.6 Å². The summed E-state index contributed by atoms with van der Waals surface area (Å²) in [6.45, 7) is 5.40. The molecule has 1 amide bonds. The molecule has 0 aliphatic carbocycles. The van der Waals surface area contributed by atoms with Crippen LogP contribution in [-0.2, 0) is 17.8 Å². The molecule has 5 nitrogen and oxygen atoms in total. The van der Waals surface area contributed by atoms with Gasteiger partial charge in [0.05, 0.1) is 30.1 Å². The number of rotatable bonds is 10. The van der Waals surface area contributed by atoms with Gasteiger partial charge in [-0.3, -0.25) is 4.79 Å². The fraction of sp³-hybridized carbons (Fsp3) is 0.286. The van der Waals surface area contributed by atoms with E-state index in [1.807, 2.05) is 80.6 Å². The van der Waals surface area contributed by atoms with Crippen molar-refractivity contribution in [3.8, 4) is 5.75 Å². The molecule has 0 saturated heterocycles. The lowest BCUT2D eigenvalue weighted by Crippen LogP contribution is -2.30. The molecule has 4 aromatic rings. The zero-order chi connectivity index (χ0) is 23.9. The topological polar surface area (TPSA) is 56.1 Å². The molecule has 1 atom stereocenters. The van der Waals surface area contributed by atoms with E-state index in [-0.39, 0.29) is 11.9 Å². The van der Waals surface area contributed by atoms with E-state index in [9.17, 15) is 4.79 Å². The molecule has 0 bridgehead atoms. The Kier molecular flexibility index (Phi) is 7.86. The van der Waals surface area contributed by atoms with Crippen LogP contribution in [0.1, 0.15) is 42.8 Å². The Balaban J connectivity index is 1.38. The molecule has 1 N–H and O–H groups in total. The number of imidazole rings is 1. The molecule has 176 valence electrons. The van der Waals surface area contributed by atoms with E-state index in [0.29, 0.717) is 13.0 Å². The van der Waals surface area contributed by atoms with Crippen molar-refractivity contribution in [1.82, 2.24) is 14.9 Å². The number of para-hydroxylation sites is 2. The van der Waals surface area contributed by atoms with Gasteiger partial charge in [-0.1, -0.05) is 54.1 Å². The van der Waals surface area contributed by atoms with Crippen LogP contribution in [0.3, 0.4) is 0 Å². The predicted octanol–water partition coefficient (Wildman–Crippen LogP) is 6.28. The first-order chi connectivity index (χ1) is 16.5. The van der Waals surface area contributed by atoms with Crippen LogP contribution in [0, 0.1) is 6.92 Å². The van der Waals surface area contributed by atoms with E-state index >= 15 is 0 Å². The van der Waals surface area contributed by atoms with Crippen LogP contribution < -0.4 is 10.1 Å². The second kappa shape index (κ2) is 11.2. The maximum absolute atomic E-state index is 12.6. The first-order valence-electron chi connectivity index (χ1n) is 11.7. The predicted molar refractivity (Wildman–Crippen MR) is 137 cm³/mol. The number of halogens is 1. The number of aryl methyl sites for hydroxylation is 2. The molecule has 3 aromatic carbocycles. The number of carbonyl (C=O) groups excluding carboxylic acids is 1. The smallest absolute Gasteiger partial charge is 0.224 e. The molecule has 0 aliphatic heterocycles. The fourth-order valence-electron chi connectivity index (χ4n) is 4.07. The van der Waals surface area contributed by atoms with Crippen molar-refractivity contribution >= 4 is 28.5 Å². The molecule has 34 heavy (non-hydrogen) atoms. The Morgan fingerprint density at radius 2 is 1.82 bits per heavy atom. The minimum Gasteiger partial charge on any atom is -0.494 e. The highest BCUT2D eigenvalue weighted by atomic mass is 35.5. The summed E-state index contributed by atoms with van der Waals surface area (Å²) in [5, 5.41) is 3.87. The lowest BCUT2D eigenvalue weighted by molar-refractivity contribution is -0.121. The number of benzene rings is 3. The lowest BCUT2D eigenvalue weighted by atomic mass is 10.1. The molecule has 0 radical (unpaired) electrons. The summed E-state index contributed by atoms with van der Waals surface area (Å²) in [6.07, 6.45) is 2.19. The van der Waals surface area contributed by atoms with Crippen molar-refractivity contribution < 1.29 is 9.53 Å². The Labute approximate surface area is 205 Å². The second-order valence-corrected chi connectivity index (χ2v) is 8.94. The minimum absolute atomic E-state index is 0.0102. The number of amides is 1. The molecule has 1 aromatic heterocycles. The molecule has 1 heterocycles. The van der Waals surface area contributed by atoms with Gasteiger partial charge < -0.3 is 14.6 Å². The van der Waals surface area contributed by atoms with E-state index in [2.05, 4.69) is 16.0 Å². The van der Waals surface area contributed by atoms with Gasteiger partial charge in [-0.2, -0.15) is 0 Å². The number of hydrogen-bond acceptors (Lipinski definition) is 3. The second-order valence-electron chi connectivity index (χ2n) is 8.53. The minimum atomic E-state index is -0.197. The summed E-state index contributed by atoms with van der Waals surface area (Å²) in [6, 6.07) is 23.4. The lowest BCUT2D eigenvalue weighted by Gasteiger charge is -2.17. The van der Waals surface area contributed by atoms with Crippen molar-refractivity contribution in [2.45, 2.75) is 45.7 Å². The van der Waals surface area contributed by atoms with Crippen molar-refractivity contribution in [3.63, 3.8) is 0 Å². The number of nitrogens with zero attached hydrogens (tertiary/aromatic N) is 2. The van der Waals surface area contributed by atoms with E-state index in [1.165, 1.54) is 0 Å². The average Bonchev–Trinajstić information content (AvgIpc) is 3.20. The van der Waals surface area contributed by atoms with Crippen molar-refractivity contribution in [2.24, 2.45) is 0 Å². The molecule has 0 spiro atoms. The first-order valence-corrected chi connectivity index (χ1v) is 12.1. The van der Waals surface area contributed by atoms with E-state index in [0.717, 1.165) is 58.1 Å². The summed E-state index contributed by atoms with van der Waals surface area (Å²) in [5.41, 5.74) is 4.03. The van der Waals surface area contributed by atoms with Crippen LogP contribution in [0.25, 0.3) is 11.0 Å². The van der Waals surface area contributed by atoms with Gasteiger partial charge in [0, 0.05) is 11.6 Å². The van der Waals surface area contributed by atoms with Crippen LogP contribution >= 0.6 is 11.6 Å². The van der Waals surface area contributed by atoms with Crippen LogP contribution in [-0.4, -0.2) is 22.1 Å². The summed E-state index contributed by atoms with van der Waals surface area (Å²) in [7, 11) is 0. The summed E-state index contributed by atoms with van der Waals surface area (Å²) >= 11 is 6.09. The molecule has 0 fully saturated rings. The Hall–Kier alpha value is -3.31. The largest absolute Gasteiger partial charge is 0.494 e. The number of aromatic nitrogens is 2. The van der Waals surface area contributed by atoms with Crippen molar-refractivity contribution in [1.29, 1.82) is 0 Å². The number of carbonyl (C=O) groups is 1. The number of fused-ring (bicyclic) bond motifs is 1. The van der Waals surface area contributed by atoms with Crippen molar-refractivity contribution in [2.75, 3.05) is 6.61 Å². The Morgan fingerprint density at radius 1 is 1.06 bits per heavy atom. The number of unbranched alkanes of at least 4 members (excludes halogenated alkanes) is 1. The highest BCUT2D eigenvalue weighted by Gasteiger charge is 2.18. The fourth-order valence-corrected chi connectivity index (χ4v) is 4.18. The third kappa shape index (κ3) is 5.97. The highest BCUT2D eigenvalue weighted by molar-refractivity contribution is 6.31. The molecule has 6 heteroatoms. The highest BCUT2D eigenvalue weighted by Crippen LogP contribution is 2.23. The van der Waals surface area contributed by atoms with Gasteiger partial charge in [0.2, 0.25) is 5.91 Å². The van der Waals surface area contributed by atoms with Crippen molar-refractivity contribution in [3.05, 3.63) is 94.8 Å². The molecule has 0 aliphatic rings. The third-order valence-electron chi connectivity index (χ3n) is 5.83. The maximum Gasteiger partial charge on any atom is 0.224 e. The summed E-state index contributed by atoms with van der Waals surface area (Å²) in [4.78, 5) is 17.5. The molecule has 4 rings (SSSR count). The van der Waals surface area contributed by atoms with E-state index in [1.54, 1.807) is 0 Å². The Bertz CT molecular complexity index is 1250. The van der Waals surface area contributed by atoms with Gasteiger partial charge in [0.25, 0.3) is 0 Å². The zero-order valence-corrected chi connectivity index (χ0v) is 20.4. The Morgan fingerprint density at radius 3 is 2.62 bits per heavy atom. The van der Waals surface area contributed by atoms with Crippen LogP contribution in [0.4, 0.5) is 0 Å². The molecule has 1 unspecified atom stereocenters. The van der Waals surface area contributed by atoms with Gasteiger partial charge >= 0.3 is 0 Å². The normalized spacial score (nSPS) is 12.0.